The molecule has 24 heavy (non-hydrogen) atoms. The van der Waals surface area contributed by atoms with Crippen LogP contribution in [0.15, 0.2) is 18.2 Å². The summed E-state index contributed by atoms with van der Waals surface area (Å²) < 4.78 is 16.0. The number of nitrogens with zero attached hydrogens (tertiary/aromatic N) is 1. The second-order valence-corrected chi connectivity index (χ2v) is 5.93. The largest absolute Gasteiger partial charge is 0.493 e. The molecule has 2 rings (SSSR count). The van der Waals surface area contributed by atoms with Crippen molar-refractivity contribution in [3.05, 3.63) is 33.9 Å². The zero-order valence-electron chi connectivity index (χ0n) is 14.0. The maximum Gasteiger partial charge on any atom is 0.306 e. The molecule has 1 aliphatic rings. The molecule has 1 aromatic carbocycles. The quantitative estimate of drug-likeness (QED) is 0.412. The number of rotatable bonds is 8. The van der Waals surface area contributed by atoms with Crippen LogP contribution in [0.3, 0.4) is 0 Å². The van der Waals surface area contributed by atoms with Gasteiger partial charge in [-0.2, -0.15) is 0 Å². The summed E-state index contributed by atoms with van der Waals surface area (Å²) >= 11 is 0. The van der Waals surface area contributed by atoms with E-state index in [1.54, 1.807) is 25.3 Å². The number of carbonyl (C=O) groups is 1. The van der Waals surface area contributed by atoms with Crippen molar-refractivity contribution in [1.82, 2.24) is 0 Å². The molecule has 0 aliphatic heterocycles. The molecule has 1 aromatic rings. The summed E-state index contributed by atoms with van der Waals surface area (Å²) in [6.07, 6.45) is 4.36. The van der Waals surface area contributed by atoms with Crippen LogP contribution in [0.1, 0.15) is 43.6 Å². The minimum absolute atomic E-state index is 0.0489. The van der Waals surface area contributed by atoms with Gasteiger partial charge in [-0.05, 0) is 43.4 Å². The van der Waals surface area contributed by atoms with Crippen LogP contribution in [0.2, 0.25) is 0 Å². The molecular formula is C17H23NO6. The standard InChI is InChI=1S/C17H23NO6/c1-22-15-8-7-12(9-16(15)24-14-5-3-4-6-14)13(11-18(20)21)10-17(19)23-2/h7-9,13-14H,3-6,10-11H2,1-2H3. The first-order chi connectivity index (χ1) is 11.5. The Balaban J connectivity index is 2.24. The van der Waals surface area contributed by atoms with Crippen molar-refractivity contribution >= 4 is 5.97 Å². The number of hydrogen-bond donors (Lipinski definition) is 0. The summed E-state index contributed by atoms with van der Waals surface area (Å²) in [6, 6.07) is 5.20. The molecule has 1 aliphatic carbocycles. The monoisotopic (exact) mass is 337 g/mol. The molecule has 1 unspecified atom stereocenters. The minimum atomic E-state index is -0.565. The van der Waals surface area contributed by atoms with Crippen LogP contribution >= 0.6 is 0 Å². The fourth-order valence-electron chi connectivity index (χ4n) is 2.98. The lowest BCUT2D eigenvalue weighted by Gasteiger charge is -2.19. The topological polar surface area (TPSA) is 87.9 Å². The second kappa shape index (κ2) is 8.52. The van der Waals surface area contributed by atoms with E-state index >= 15 is 0 Å². The van der Waals surface area contributed by atoms with Gasteiger partial charge >= 0.3 is 5.97 Å². The Kier molecular flexibility index (Phi) is 6.40. The number of ether oxygens (including phenoxy) is 3. The van der Waals surface area contributed by atoms with Crippen LogP contribution in [0.5, 0.6) is 11.5 Å². The van der Waals surface area contributed by atoms with Crippen molar-refractivity contribution in [3.8, 4) is 11.5 Å². The number of methoxy groups -OCH3 is 2. The lowest BCUT2D eigenvalue weighted by atomic mass is 9.95. The maximum atomic E-state index is 11.6. The smallest absolute Gasteiger partial charge is 0.306 e. The molecule has 7 heteroatoms. The van der Waals surface area contributed by atoms with E-state index in [0.29, 0.717) is 17.1 Å². The summed E-state index contributed by atoms with van der Waals surface area (Å²) in [5, 5.41) is 10.9. The molecule has 0 amide bonds. The zero-order chi connectivity index (χ0) is 17.5. The van der Waals surface area contributed by atoms with Gasteiger partial charge < -0.3 is 14.2 Å². The van der Waals surface area contributed by atoms with E-state index in [0.717, 1.165) is 25.7 Å². The Labute approximate surface area is 141 Å². The highest BCUT2D eigenvalue weighted by Crippen LogP contribution is 2.35. The predicted octanol–water partition coefficient (Wildman–Crippen LogP) is 2.94. The highest BCUT2D eigenvalue weighted by atomic mass is 16.6. The molecule has 0 N–H and O–H groups in total. The van der Waals surface area contributed by atoms with Gasteiger partial charge in [-0.3, -0.25) is 14.9 Å². The van der Waals surface area contributed by atoms with Gasteiger partial charge in [0.2, 0.25) is 6.54 Å². The lowest BCUT2D eigenvalue weighted by molar-refractivity contribution is -0.483. The SMILES string of the molecule is COC(=O)CC(C[N+](=O)[O-])c1ccc(OC)c(OC2CCCC2)c1. The van der Waals surface area contributed by atoms with Gasteiger partial charge in [0, 0.05) is 4.92 Å². The number of carbonyl (C=O) groups excluding carboxylic acids is 1. The van der Waals surface area contributed by atoms with E-state index in [1.165, 1.54) is 7.11 Å². The lowest BCUT2D eigenvalue weighted by Crippen LogP contribution is -2.18. The third kappa shape index (κ3) is 4.84. The molecule has 1 fully saturated rings. The first-order valence-corrected chi connectivity index (χ1v) is 8.06. The summed E-state index contributed by atoms with van der Waals surface area (Å²) in [5.74, 6) is 0.115. The highest BCUT2D eigenvalue weighted by Gasteiger charge is 2.24. The molecule has 0 radical (unpaired) electrons. The second-order valence-electron chi connectivity index (χ2n) is 5.93. The highest BCUT2D eigenvalue weighted by molar-refractivity contribution is 5.70. The Morgan fingerprint density at radius 1 is 1.29 bits per heavy atom. The van der Waals surface area contributed by atoms with Gasteiger partial charge in [0.25, 0.3) is 0 Å². The molecule has 0 spiro atoms. The normalized spacial score (nSPS) is 15.8. The van der Waals surface area contributed by atoms with Crippen molar-refractivity contribution in [3.63, 3.8) is 0 Å². The van der Waals surface area contributed by atoms with Gasteiger partial charge in [0.15, 0.2) is 11.5 Å². The van der Waals surface area contributed by atoms with E-state index in [2.05, 4.69) is 4.74 Å². The maximum absolute atomic E-state index is 11.6. The van der Waals surface area contributed by atoms with Crippen molar-refractivity contribution < 1.29 is 23.9 Å². The number of nitro groups is 1. The zero-order valence-corrected chi connectivity index (χ0v) is 14.0. The van der Waals surface area contributed by atoms with Gasteiger partial charge in [-0.1, -0.05) is 6.07 Å². The Bertz CT molecular complexity index is 582. The van der Waals surface area contributed by atoms with E-state index in [1.807, 2.05) is 0 Å². The van der Waals surface area contributed by atoms with E-state index < -0.39 is 16.8 Å². The van der Waals surface area contributed by atoms with E-state index in [4.69, 9.17) is 9.47 Å². The van der Waals surface area contributed by atoms with Crippen molar-refractivity contribution in [2.24, 2.45) is 0 Å². The summed E-state index contributed by atoms with van der Waals surface area (Å²) in [5.41, 5.74) is 0.672. The fourth-order valence-corrected chi connectivity index (χ4v) is 2.98. The minimum Gasteiger partial charge on any atom is -0.493 e. The van der Waals surface area contributed by atoms with Crippen molar-refractivity contribution in [1.29, 1.82) is 0 Å². The van der Waals surface area contributed by atoms with Crippen molar-refractivity contribution in [2.75, 3.05) is 20.8 Å². The van der Waals surface area contributed by atoms with E-state index in [-0.39, 0.29) is 19.1 Å². The average Bonchev–Trinajstić information content (AvgIpc) is 3.06. The third-order valence-electron chi connectivity index (χ3n) is 4.27. The van der Waals surface area contributed by atoms with Crippen LogP contribution < -0.4 is 9.47 Å². The molecule has 0 aromatic heterocycles. The first-order valence-electron chi connectivity index (χ1n) is 8.06. The van der Waals surface area contributed by atoms with Crippen LogP contribution in [0.4, 0.5) is 0 Å². The number of hydrogen-bond acceptors (Lipinski definition) is 6. The van der Waals surface area contributed by atoms with Crippen LogP contribution in [-0.4, -0.2) is 37.8 Å². The fraction of sp³-hybridized carbons (Fsp3) is 0.588. The van der Waals surface area contributed by atoms with Crippen LogP contribution in [0, 0.1) is 10.1 Å². The third-order valence-corrected chi connectivity index (χ3v) is 4.27. The molecule has 132 valence electrons. The van der Waals surface area contributed by atoms with Gasteiger partial charge in [0.05, 0.1) is 32.7 Å². The van der Waals surface area contributed by atoms with Crippen LogP contribution in [-0.2, 0) is 9.53 Å². The summed E-state index contributed by atoms with van der Waals surface area (Å²) in [7, 11) is 2.83. The van der Waals surface area contributed by atoms with E-state index in [9.17, 15) is 14.9 Å². The number of benzene rings is 1. The molecule has 0 bridgehead atoms. The van der Waals surface area contributed by atoms with Gasteiger partial charge in [-0.25, -0.2) is 0 Å². The predicted molar refractivity (Wildman–Crippen MR) is 87.1 cm³/mol. The van der Waals surface area contributed by atoms with Gasteiger partial charge in [-0.15, -0.1) is 0 Å². The molecular weight excluding hydrogens is 314 g/mol. The average molecular weight is 337 g/mol. The molecule has 0 heterocycles. The van der Waals surface area contributed by atoms with Crippen LogP contribution in [0.25, 0.3) is 0 Å². The van der Waals surface area contributed by atoms with Crippen molar-refractivity contribution in [2.45, 2.75) is 44.1 Å². The molecule has 1 atom stereocenters. The summed E-state index contributed by atoms with van der Waals surface area (Å²) in [6.45, 7) is -0.343. The molecule has 0 saturated heterocycles. The summed E-state index contributed by atoms with van der Waals surface area (Å²) in [4.78, 5) is 22.1. The Morgan fingerprint density at radius 2 is 2.00 bits per heavy atom. The molecule has 7 nitrogen and oxygen atoms in total. The number of esters is 1. The molecule has 1 saturated carbocycles. The first kappa shape index (κ1) is 18.0. The Hall–Kier alpha value is -2.31. The van der Waals surface area contributed by atoms with Gasteiger partial charge in [0.1, 0.15) is 0 Å². The Morgan fingerprint density at radius 3 is 2.58 bits per heavy atom.